The highest BCUT2D eigenvalue weighted by molar-refractivity contribution is 5.94. The molecular weight excluding hydrogens is 338 g/mol. The zero-order valence-electron chi connectivity index (χ0n) is 15.9. The summed E-state index contributed by atoms with van der Waals surface area (Å²) in [6.07, 6.45) is 2.16. The van der Waals surface area contributed by atoms with E-state index in [1.54, 1.807) is 0 Å². The van der Waals surface area contributed by atoms with Crippen LogP contribution in [-0.2, 0) is 16.0 Å². The average Bonchev–Trinajstić information content (AvgIpc) is 2.71. The van der Waals surface area contributed by atoms with Gasteiger partial charge >= 0.3 is 0 Å². The lowest BCUT2D eigenvalue weighted by atomic mass is 9.96. The molecule has 0 aliphatic carbocycles. The van der Waals surface area contributed by atoms with Gasteiger partial charge in [-0.15, -0.1) is 0 Å². The summed E-state index contributed by atoms with van der Waals surface area (Å²) in [5.74, 6) is 0.0256. The number of hydrogen-bond donors (Lipinski definition) is 1. The number of hydrogen-bond acceptors (Lipinski definition) is 4. The van der Waals surface area contributed by atoms with E-state index in [2.05, 4.69) is 52.4 Å². The van der Waals surface area contributed by atoms with E-state index < -0.39 is 0 Å². The molecule has 0 radical (unpaired) electrons. The van der Waals surface area contributed by atoms with Gasteiger partial charge in [0.05, 0.1) is 19.8 Å². The van der Waals surface area contributed by atoms with Gasteiger partial charge in [-0.05, 0) is 55.7 Å². The maximum absolute atomic E-state index is 12.6. The van der Waals surface area contributed by atoms with Gasteiger partial charge in [-0.3, -0.25) is 4.79 Å². The molecule has 27 heavy (non-hydrogen) atoms. The number of aryl methyl sites for hydroxylation is 1. The molecule has 142 valence electrons. The molecule has 5 nitrogen and oxygen atoms in total. The van der Waals surface area contributed by atoms with Gasteiger partial charge in [0.15, 0.2) is 0 Å². The second kappa shape index (κ2) is 8.01. The summed E-state index contributed by atoms with van der Waals surface area (Å²) >= 11 is 0. The number of morpholine rings is 1. The number of amides is 1. The second-order valence-corrected chi connectivity index (χ2v) is 7.34. The Morgan fingerprint density at radius 1 is 1.11 bits per heavy atom. The van der Waals surface area contributed by atoms with Gasteiger partial charge in [-0.1, -0.05) is 18.2 Å². The highest BCUT2D eigenvalue weighted by Gasteiger charge is 2.24. The Balaban J connectivity index is 1.39. The third-order valence-corrected chi connectivity index (χ3v) is 5.51. The van der Waals surface area contributed by atoms with Crippen LogP contribution in [0, 0.1) is 0 Å². The van der Waals surface area contributed by atoms with E-state index in [1.165, 1.54) is 16.9 Å². The summed E-state index contributed by atoms with van der Waals surface area (Å²) in [5.41, 5.74) is 4.54. The monoisotopic (exact) mass is 365 g/mol. The predicted molar refractivity (Wildman–Crippen MR) is 110 cm³/mol. The fourth-order valence-corrected chi connectivity index (χ4v) is 3.93. The van der Waals surface area contributed by atoms with Crippen LogP contribution in [-0.4, -0.2) is 44.8 Å². The van der Waals surface area contributed by atoms with Crippen molar-refractivity contribution in [1.29, 1.82) is 0 Å². The standard InChI is InChI=1S/C22H27N3O2/c1-17-6-7-18-4-2-3-5-21(18)25(17)16-22(26)23-19-8-10-20(11-9-19)24-12-14-27-15-13-24/h2-5,8-11,17H,6-7,12-16H2,1H3,(H,23,26)/t17-/m0/s1. The van der Waals surface area contributed by atoms with Crippen LogP contribution < -0.4 is 15.1 Å². The molecular formula is C22H27N3O2. The Hall–Kier alpha value is -2.53. The maximum atomic E-state index is 12.6. The fraction of sp³-hybridized carbons (Fsp3) is 0.409. The largest absolute Gasteiger partial charge is 0.378 e. The first-order valence-corrected chi connectivity index (χ1v) is 9.78. The van der Waals surface area contributed by atoms with Gasteiger partial charge in [0.1, 0.15) is 0 Å². The minimum atomic E-state index is 0.0256. The summed E-state index contributed by atoms with van der Waals surface area (Å²) < 4.78 is 5.40. The lowest BCUT2D eigenvalue weighted by molar-refractivity contribution is -0.115. The normalized spacial score (nSPS) is 19.5. The lowest BCUT2D eigenvalue weighted by Crippen LogP contribution is -2.42. The van der Waals surface area contributed by atoms with E-state index in [9.17, 15) is 4.79 Å². The van der Waals surface area contributed by atoms with Gasteiger partial charge in [0.25, 0.3) is 0 Å². The Kier molecular flexibility index (Phi) is 5.30. The van der Waals surface area contributed by atoms with Gasteiger partial charge in [-0.2, -0.15) is 0 Å². The molecule has 2 heterocycles. The van der Waals surface area contributed by atoms with E-state index >= 15 is 0 Å². The Labute approximate surface area is 160 Å². The second-order valence-electron chi connectivity index (χ2n) is 7.34. The predicted octanol–water partition coefficient (Wildman–Crippen LogP) is 3.30. The highest BCUT2D eigenvalue weighted by Crippen LogP contribution is 2.30. The van der Waals surface area contributed by atoms with Crippen LogP contribution >= 0.6 is 0 Å². The number of para-hydroxylation sites is 1. The molecule has 0 unspecified atom stereocenters. The molecule has 1 atom stereocenters. The molecule has 1 amide bonds. The number of carbonyl (C=O) groups excluding carboxylic acids is 1. The molecule has 0 aromatic heterocycles. The summed E-state index contributed by atoms with van der Waals surface area (Å²) in [7, 11) is 0. The summed E-state index contributed by atoms with van der Waals surface area (Å²) in [6, 6.07) is 16.9. The zero-order chi connectivity index (χ0) is 18.6. The van der Waals surface area contributed by atoms with Gasteiger partial charge in [-0.25, -0.2) is 0 Å². The van der Waals surface area contributed by atoms with Crippen molar-refractivity contribution < 1.29 is 9.53 Å². The first-order valence-electron chi connectivity index (χ1n) is 9.78. The van der Waals surface area contributed by atoms with Crippen molar-refractivity contribution in [3.05, 3.63) is 54.1 Å². The summed E-state index contributed by atoms with van der Waals surface area (Å²) in [6.45, 7) is 5.95. The third-order valence-electron chi connectivity index (χ3n) is 5.51. The van der Waals surface area contributed by atoms with Crippen LogP contribution in [0.2, 0.25) is 0 Å². The van der Waals surface area contributed by atoms with Crippen molar-refractivity contribution in [1.82, 2.24) is 0 Å². The number of carbonyl (C=O) groups is 1. The van der Waals surface area contributed by atoms with Crippen molar-refractivity contribution >= 4 is 23.0 Å². The molecule has 2 aliphatic rings. The molecule has 5 heteroatoms. The van der Waals surface area contributed by atoms with Crippen LogP contribution in [0.3, 0.4) is 0 Å². The zero-order valence-corrected chi connectivity index (χ0v) is 15.9. The molecule has 0 spiro atoms. The van der Waals surface area contributed by atoms with Crippen LogP contribution in [0.4, 0.5) is 17.1 Å². The first-order chi connectivity index (χ1) is 13.2. The Morgan fingerprint density at radius 3 is 2.63 bits per heavy atom. The van der Waals surface area contributed by atoms with Gasteiger partial charge < -0.3 is 19.9 Å². The number of nitrogens with zero attached hydrogens (tertiary/aromatic N) is 2. The summed E-state index contributed by atoms with van der Waals surface area (Å²) in [4.78, 5) is 17.2. The van der Waals surface area contributed by atoms with E-state index in [-0.39, 0.29) is 5.91 Å². The smallest absolute Gasteiger partial charge is 0.243 e. The van der Waals surface area contributed by atoms with Crippen molar-refractivity contribution in [2.24, 2.45) is 0 Å². The number of rotatable bonds is 4. The quantitative estimate of drug-likeness (QED) is 0.903. The number of ether oxygens (including phenoxy) is 1. The molecule has 0 saturated carbocycles. The lowest BCUT2D eigenvalue weighted by Gasteiger charge is -2.36. The van der Waals surface area contributed by atoms with E-state index in [0.717, 1.165) is 44.8 Å². The van der Waals surface area contributed by atoms with Crippen LogP contribution in [0.25, 0.3) is 0 Å². The third kappa shape index (κ3) is 4.08. The Morgan fingerprint density at radius 2 is 1.85 bits per heavy atom. The Bertz CT molecular complexity index is 784. The van der Waals surface area contributed by atoms with Crippen molar-refractivity contribution in [2.75, 3.05) is 48.0 Å². The molecule has 4 rings (SSSR count). The number of nitrogens with one attached hydrogen (secondary N) is 1. The van der Waals surface area contributed by atoms with Crippen molar-refractivity contribution in [2.45, 2.75) is 25.8 Å². The van der Waals surface area contributed by atoms with Crippen molar-refractivity contribution in [3.63, 3.8) is 0 Å². The van der Waals surface area contributed by atoms with Crippen LogP contribution in [0.1, 0.15) is 18.9 Å². The minimum absolute atomic E-state index is 0.0256. The van der Waals surface area contributed by atoms with Crippen LogP contribution in [0.15, 0.2) is 48.5 Å². The van der Waals surface area contributed by atoms with Gasteiger partial charge in [0, 0.05) is 36.2 Å². The SMILES string of the molecule is C[C@H]1CCc2ccccc2N1CC(=O)Nc1ccc(N2CCOCC2)cc1. The van der Waals surface area contributed by atoms with Crippen LogP contribution in [0.5, 0.6) is 0 Å². The number of benzene rings is 2. The maximum Gasteiger partial charge on any atom is 0.243 e. The molecule has 2 aliphatic heterocycles. The summed E-state index contributed by atoms with van der Waals surface area (Å²) in [5, 5.41) is 3.05. The van der Waals surface area contributed by atoms with E-state index in [4.69, 9.17) is 4.74 Å². The van der Waals surface area contributed by atoms with E-state index in [1.807, 2.05) is 18.2 Å². The molecule has 1 N–H and O–H groups in total. The minimum Gasteiger partial charge on any atom is -0.378 e. The average molecular weight is 365 g/mol. The topological polar surface area (TPSA) is 44.8 Å². The highest BCUT2D eigenvalue weighted by atomic mass is 16.5. The van der Waals surface area contributed by atoms with Gasteiger partial charge in [0.2, 0.25) is 5.91 Å². The first kappa shape index (κ1) is 17.9. The molecule has 1 fully saturated rings. The molecule has 2 aromatic rings. The van der Waals surface area contributed by atoms with E-state index in [0.29, 0.717) is 12.6 Å². The molecule has 0 bridgehead atoms. The number of fused-ring (bicyclic) bond motifs is 1. The fourth-order valence-electron chi connectivity index (χ4n) is 3.93. The molecule has 1 saturated heterocycles. The van der Waals surface area contributed by atoms with Crippen molar-refractivity contribution in [3.8, 4) is 0 Å². The molecule has 2 aromatic carbocycles. The number of anilines is 3.